The van der Waals surface area contributed by atoms with Crippen LogP contribution in [-0.4, -0.2) is 42.6 Å². The topological polar surface area (TPSA) is 118 Å². The molecule has 1 aromatic rings. The number of sulfonamides is 2. The molecule has 0 aliphatic rings. The molecule has 4 N–H and O–H groups in total. The summed E-state index contributed by atoms with van der Waals surface area (Å²) in [6.07, 6.45) is -4.69. The van der Waals surface area contributed by atoms with E-state index in [9.17, 15) is 30.0 Å². The predicted octanol–water partition coefficient (Wildman–Crippen LogP) is -0.236. The minimum absolute atomic E-state index is 0.00444. The molecule has 12 heteroatoms. The minimum atomic E-state index is -4.69. The molecule has 1 aromatic carbocycles. The third-order valence-electron chi connectivity index (χ3n) is 2.34. The van der Waals surface area contributed by atoms with Crippen LogP contribution in [0.3, 0.4) is 0 Å². The van der Waals surface area contributed by atoms with Crippen LogP contribution in [0.15, 0.2) is 34.1 Å². The number of halogens is 3. The molecule has 0 aliphatic carbocycles. The van der Waals surface area contributed by atoms with Crippen molar-refractivity contribution in [3.63, 3.8) is 0 Å². The fourth-order valence-corrected chi connectivity index (χ4v) is 3.40. The zero-order valence-electron chi connectivity index (χ0n) is 11.1. The predicted molar refractivity (Wildman–Crippen MR) is 71.9 cm³/mol. The maximum Gasteiger partial charge on any atom is 0.402 e. The number of benzene rings is 1. The number of nitrogens with one attached hydrogen (secondary N) is 2. The van der Waals surface area contributed by atoms with Crippen molar-refractivity contribution in [1.29, 1.82) is 0 Å². The quantitative estimate of drug-likeness (QED) is 0.620. The van der Waals surface area contributed by atoms with Gasteiger partial charge in [-0.25, -0.2) is 26.3 Å². The van der Waals surface area contributed by atoms with Gasteiger partial charge in [-0.05, 0) is 24.3 Å². The third-order valence-corrected chi connectivity index (χ3v) is 5.24. The van der Waals surface area contributed by atoms with Crippen LogP contribution in [0.4, 0.5) is 13.2 Å². The lowest BCUT2D eigenvalue weighted by Crippen LogP contribution is -2.33. The van der Waals surface area contributed by atoms with E-state index in [-0.39, 0.29) is 18.0 Å². The van der Waals surface area contributed by atoms with Gasteiger partial charge in [0.05, 0.1) is 9.79 Å². The fourth-order valence-electron chi connectivity index (χ4n) is 1.33. The molecule has 1 rings (SSSR count). The Morgan fingerprint density at radius 2 is 1.32 bits per heavy atom. The third kappa shape index (κ3) is 5.53. The van der Waals surface area contributed by atoms with Gasteiger partial charge in [0.2, 0.25) is 20.0 Å². The molecule has 0 aromatic heterocycles. The van der Waals surface area contributed by atoms with Crippen LogP contribution < -0.4 is 15.2 Å². The fraction of sp³-hybridized carbons (Fsp3) is 0.400. The van der Waals surface area contributed by atoms with Crippen LogP contribution in [-0.2, 0) is 20.0 Å². The molecule has 126 valence electrons. The second-order valence-electron chi connectivity index (χ2n) is 4.10. The summed E-state index contributed by atoms with van der Waals surface area (Å²) in [5, 5.41) is 0. The minimum Gasteiger partial charge on any atom is -0.329 e. The highest BCUT2D eigenvalue weighted by atomic mass is 32.2. The van der Waals surface area contributed by atoms with Crippen LogP contribution in [0.25, 0.3) is 0 Å². The maximum atomic E-state index is 12.0. The Balaban J connectivity index is 2.93. The summed E-state index contributed by atoms with van der Waals surface area (Å²) in [6.45, 7) is -1.64. The SMILES string of the molecule is NCCNS(=O)(=O)c1ccc(S(=O)(=O)NCC(F)(F)F)cc1. The lowest BCUT2D eigenvalue weighted by molar-refractivity contribution is -0.121. The summed E-state index contributed by atoms with van der Waals surface area (Å²) < 4.78 is 86.3. The highest BCUT2D eigenvalue weighted by molar-refractivity contribution is 7.90. The molecule has 0 atom stereocenters. The molecule has 7 nitrogen and oxygen atoms in total. The van der Waals surface area contributed by atoms with Gasteiger partial charge in [-0.2, -0.15) is 13.2 Å². The lowest BCUT2D eigenvalue weighted by Gasteiger charge is -2.10. The Bertz CT molecular complexity index is 700. The van der Waals surface area contributed by atoms with Crippen LogP contribution >= 0.6 is 0 Å². The number of hydrogen-bond donors (Lipinski definition) is 3. The standard InChI is InChI=1S/C10H14F3N3O4S2/c11-10(12,13)7-16-22(19,20)9-3-1-8(2-4-9)21(17,18)15-6-5-14/h1-4,15-16H,5-7,14H2. The average molecular weight is 361 g/mol. The van der Waals surface area contributed by atoms with Crippen molar-refractivity contribution in [3.8, 4) is 0 Å². The number of alkyl halides is 3. The van der Waals surface area contributed by atoms with Gasteiger partial charge in [-0.1, -0.05) is 0 Å². The monoisotopic (exact) mass is 361 g/mol. The first-order valence-corrected chi connectivity index (χ1v) is 8.81. The van der Waals surface area contributed by atoms with E-state index in [1.165, 1.54) is 4.72 Å². The summed E-state index contributed by atoms with van der Waals surface area (Å²) in [7, 11) is -8.22. The molecule has 0 saturated heterocycles. The van der Waals surface area contributed by atoms with Crippen LogP contribution in [0.5, 0.6) is 0 Å². The van der Waals surface area contributed by atoms with E-state index < -0.39 is 37.7 Å². The second-order valence-corrected chi connectivity index (χ2v) is 7.63. The first-order chi connectivity index (χ1) is 9.98. The Kier molecular flexibility index (Phi) is 5.92. The summed E-state index contributed by atoms with van der Waals surface area (Å²) in [4.78, 5) is -0.703. The van der Waals surface area contributed by atoms with Gasteiger partial charge in [-0.3, -0.25) is 0 Å². The molecule has 0 aliphatic heterocycles. The Hall–Kier alpha value is -1.21. The summed E-state index contributed by atoms with van der Waals surface area (Å²) >= 11 is 0. The van der Waals surface area contributed by atoms with Gasteiger partial charge in [0.25, 0.3) is 0 Å². The normalized spacial score (nSPS) is 13.3. The van der Waals surface area contributed by atoms with Gasteiger partial charge in [-0.15, -0.1) is 0 Å². The van der Waals surface area contributed by atoms with Gasteiger partial charge in [0.1, 0.15) is 6.54 Å². The van der Waals surface area contributed by atoms with E-state index >= 15 is 0 Å². The Labute approximate surface area is 125 Å². The van der Waals surface area contributed by atoms with Gasteiger partial charge in [0.15, 0.2) is 0 Å². The first-order valence-electron chi connectivity index (χ1n) is 5.84. The zero-order valence-corrected chi connectivity index (χ0v) is 12.7. The van der Waals surface area contributed by atoms with Crippen molar-refractivity contribution in [3.05, 3.63) is 24.3 Å². The van der Waals surface area contributed by atoms with Crippen LogP contribution in [0.2, 0.25) is 0 Å². The van der Waals surface area contributed by atoms with Gasteiger partial charge >= 0.3 is 6.18 Å². The van der Waals surface area contributed by atoms with E-state index in [1.807, 2.05) is 0 Å². The van der Waals surface area contributed by atoms with E-state index in [4.69, 9.17) is 5.73 Å². The molecule has 22 heavy (non-hydrogen) atoms. The molecule has 0 fully saturated rings. The van der Waals surface area contributed by atoms with Crippen molar-refractivity contribution < 1.29 is 30.0 Å². The molecule has 0 amide bonds. The molecule has 0 radical (unpaired) electrons. The van der Waals surface area contributed by atoms with Gasteiger partial charge in [0, 0.05) is 13.1 Å². The molecule has 0 heterocycles. The Morgan fingerprint density at radius 1 is 0.909 bits per heavy atom. The van der Waals surface area contributed by atoms with Crippen molar-refractivity contribution in [2.45, 2.75) is 16.0 Å². The van der Waals surface area contributed by atoms with E-state index in [0.29, 0.717) is 0 Å². The summed E-state index contributed by atoms with van der Waals surface area (Å²) in [6, 6.07) is 3.74. The average Bonchev–Trinajstić information content (AvgIpc) is 2.43. The highest BCUT2D eigenvalue weighted by Crippen LogP contribution is 2.17. The molecule has 0 bridgehead atoms. The Morgan fingerprint density at radius 3 is 1.68 bits per heavy atom. The zero-order chi connectivity index (χ0) is 17.0. The lowest BCUT2D eigenvalue weighted by atomic mass is 10.4. The molecular formula is C10H14F3N3O4S2. The maximum absolute atomic E-state index is 12.0. The molecule has 0 saturated carbocycles. The van der Waals surface area contributed by atoms with Crippen molar-refractivity contribution in [2.75, 3.05) is 19.6 Å². The van der Waals surface area contributed by atoms with E-state index in [2.05, 4.69) is 4.72 Å². The van der Waals surface area contributed by atoms with E-state index in [1.54, 1.807) is 0 Å². The van der Waals surface area contributed by atoms with Crippen molar-refractivity contribution in [2.24, 2.45) is 5.73 Å². The number of hydrogen-bond acceptors (Lipinski definition) is 5. The van der Waals surface area contributed by atoms with Crippen molar-refractivity contribution in [1.82, 2.24) is 9.44 Å². The summed E-state index contributed by atoms with van der Waals surface area (Å²) in [5.41, 5.74) is 5.16. The number of rotatable bonds is 7. The molecule has 0 unspecified atom stereocenters. The van der Waals surface area contributed by atoms with E-state index in [0.717, 1.165) is 24.3 Å². The first kappa shape index (κ1) is 18.8. The van der Waals surface area contributed by atoms with Crippen LogP contribution in [0, 0.1) is 0 Å². The highest BCUT2D eigenvalue weighted by Gasteiger charge is 2.30. The molecule has 0 spiro atoms. The summed E-state index contributed by atoms with van der Waals surface area (Å²) in [5.74, 6) is 0. The van der Waals surface area contributed by atoms with Gasteiger partial charge < -0.3 is 5.73 Å². The second kappa shape index (κ2) is 6.91. The van der Waals surface area contributed by atoms with Crippen LogP contribution in [0.1, 0.15) is 0 Å². The smallest absolute Gasteiger partial charge is 0.329 e. The van der Waals surface area contributed by atoms with Crippen molar-refractivity contribution >= 4 is 20.0 Å². The molecular weight excluding hydrogens is 347 g/mol. The largest absolute Gasteiger partial charge is 0.402 e. The number of nitrogens with two attached hydrogens (primary N) is 1.